The third-order valence-corrected chi connectivity index (χ3v) is 14.1. The van der Waals surface area contributed by atoms with Crippen molar-refractivity contribution in [3.63, 3.8) is 0 Å². The van der Waals surface area contributed by atoms with E-state index in [0.29, 0.717) is 0 Å². The number of rotatable bonds is 10. The Morgan fingerprint density at radius 3 is 0.697 bits per heavy atom. The Morgan fingerprint density at radius 2 is 0.408 bits per heavy atom. The highest BCUT2D eigenvalue weighted by Gasteiger charge is 2.31. The van der Waals surface area contributed by atoms with Crippen molar-refractivity contribution in [3.05, 3.63) is 291 Å². The van der Waals surface area contributed by atoms with Crippen LogP contribution in [0.3, 0.4) is 0 Å². The number of fused-ring (bicyclic) bond motifs is 2. The lowest BCUT2D eigenvalue weighted by molar-refractivity contribution is 0.598. The Bertz CT molecular complexity index is 3940. The molecule has 2 N–H and O–H groups in total. The highest BCUT2D eigenvalue weighted by molar-refractivity contribution is 6.14. The highest BCUT2D eigenvalue weighted by atomic mass is 16.3. The highest BCUT2D eigenvalue weighted by Crippen LogP contribution is 2.54. The van der Waals surface area contributed by atoms with Gasteiger partial charge in [0.1, 0.15) is 23.0 Å². The number of para-hydroxylation sites is 2. The van der Waals surface area contributed by atoms with Crippen LogP contribution >= 0.6 is 0 Å². The predicted molar refractivity (Wildman–Crippen MR) is 315 cm³/mol. The molecular weight excluding hydrogens is 925 g/mol. The molecule has 0 aliphatic carbocycles. The summed E-state index contributed by atoms with van der Waals surface area (Å²) in [6.07, 6.45) is 0. The van der Waals surface area contributed by atoms with Gasteiger partial charge in [-0.25, -0.2) is 0 Å². The number of benzene rings is 10. The van der Waals surface area contributed by atoms with Crippen LogP contribution in [0, 0.1) is 0 Å². The smallest absolute Gasteiger partial charge is 0.143 e. The molecule has 10 aromatic carbocycles. The van der Waals surface area contributed by atoms with Crippen molar-refractivity contribution in [1.29, 1.82) is 0 Å². The number of hydrogen-bond donors (Lipinski definition) is 2. The first-order valence-corrected chi connectivity index (χ1v) is 25.8. The van der Waals surface area contributed by atoms with Gasteiger partial charge in [-0.15, -0.1) is 0 Å². The minimum atomic E-state index is 0.866. The van der Waals surface area contributed by atoms with Gasteiger partial charge in [0.15, 0.2) is 0 Å². The molecule has 0 bridgehead atoms. The zero-order chi connectivity index (χ0) is 50.6. The van der Waals surface area contributed by atoms with Crippen molar-refractivity contribution in [1.82, 2.24) is 9.97 Å². The molecule has 76 heavy (non-hydrogen) atoms. The van der Waals surface area contributed by atoms with Crippen LogP contribution in [0.5, 0.6) is 0 Å². The molecule has 0 saturated carbocycles. The van der Waals surface area contributed by atoms with Gasteiger partial charge in [-0.05, 0) is 34.4 Å². The van der Waals surface area contributed by atoms with Gasteiger partial charge in [-0.3, -0.25) is 0 Å². The number of hydrogen-bond acceptors (Lipinski definition) is 2. The monoisotopic (exact) mass is 974 g/mol. The maximum absolute atomic E-state index is 6.92. The quantitative estimate of drug-likeness (QED) is 0.143. The molecule has 14 rings (SSSR count). The SMILES string of the molecule is c1ccc(-c2[nH]c3ccccc3c2-c2c(-c3ccccc3)oc(-c3ccccc3)c2-c2ccccc2)cc1.c1ccc(-c2[nH]c3ccccc3c2-c2c(-c3ccccc3)oc(-c3ccccc3)c2-c2ccccc2)cc1. The first-order valence-electron chi connectivity index (χ1n) is 25.8. The normalized spacial score (nSPS) is 11.2. The average molecular weight is 975 g/mol. The lowest BCUT2D eigenvalue weighted by Gasteiger charge is -2.11. The van der Waals surface area contributed by atoms with Crippen molar-refractivity contribution in [3.8, 4) is 112 Å². The molecule has 0 spiro atoms. The van der Waals surface area contributed by atoms with Gasteiger partial charge in [0, 0.05) is 77.4 Å². The summed E-state index contributed by atoms with van der Waals surface area (Å²) in [4.78, 5) is 7.49. The first-order chi connectivity index (χ1) is 37.8. The first kappa shape index (κ1) is 45.7. The Hall–Kier alpha value is -10.2. The number of furan rings is 2. The second kappa shape index (κ2) is 20.4. The third kappa shape index (κ3) is 8.54. The van der Waals surface area contributed by atoms with Gasteiger partial charge in [-0.1, -0.05) is 279 Å². The standard InChI is InChI=1S/2C36H25NO/c2*1-5-15-25(16-6-1)31-33(32-29-23-13-14-24-30(29)37-34(32)26-17-7-2-8-18-26)36(28-21-11-4-12-22-28)38-35(31)27-19-9-3-10-20-27/h2*1-24,37H. The Morgan fingerprint density at radius 1 is 0.184 bits per heavy atom. The van der Waals surface area contributed by atoms with Crippen LogP contribution in [0.25, 0.3) is 134 Å². The molecule has 4 heterocycles. The van der Waals surface area contributed by atoms with Crippen LogP contribution in [0.1, 0.15) is 0 Å². The van der Waals surface area contributed by atoms with Crippen LogP contribution < -0.4 is 0 Å². The van der Waals surface area contributed by atoms with Crippen LogP contribution in [0.4, 0.5) is 0 Å². The van der Waals surface area contributed by atoms with Crippen LogP contribution in [0.15, 0.2) is 300 Å². The maximum atomic E-state index is 6.92. The molecule has 14 aromatic rings. The van der Waals surface area contributed by atoms with Crippen LogP contribution in [-0.2, 0) is 0 Å². The van der Waals surface area contributed by atoms with Crippen molar-refractivity contribution in [2.24, 2.45) is 0 Å². The fourth-order valence-corrected chi connectivity index (χ4v) is 10.7. The summed E-state index contributed by atoms with van der Waals surface area (Å²) in [6, 6.07) is 101. The van der Waals surface area contributed by atoms with Gasteiger partial charge >= 0.3 is 0 Å². The van der Waals surface area contributed by atoms with Gasteiger partial charge in [0.2, 0.25) is 0 Å². The van der Waals surface area contributed by atoms with E-state index in [9.17, 15) is 0 Å². The van der Waals surface area contributed by atoms with E-state index in [1.807, 2.05) is 24.3 Å². The number of aromatic nitrogens is 2. The third-order valence-electron chi connectivity index (χ3n) is 14.1. The second-order valence-corrected chi connectivity index (χ2v) is 18.8. The summed E-state index contributed by atoms with van der Waals surface area (Å²) in [6.45, 7) is 0. The van der Waals surface area contributed by atoms with E-state index in [0.717, 1.165) is 123 Å². The van der Waals surface area contributed by atoms with E-state index in [1.165, 1.54) is 10.8 Å². The molecule has 0 unspecified atom stereocenters. The topological polar surface area (TPSA) is 57.9 Å². The summed E-state index contributed by atoms with van der Waals surface area (Å²) in [5, 5.41) is 2.34. The van der Waals surface area contributed by atoms with Crippen LogP contribution in [0.2, 0.25) is 0 Å². The average Bonchev–Trinajstić information content (AvgIpc) is 4.41. The van der Waals surface area contributed by atoms with E-state index in [1.54, 1.807) is 0 Å². The molecule has 0 fully saturated rings. The lowest BCUT2D eigenvalue weighted by atomic mass is 9.89. The molecule has 0 aliphatic rings. The molecule has 0 radical (unpaired) electrons. The fourth-order valence-electron chi connectivity index (χ4n) is 10.7. The summed E-state index contributed by atoms with van der Waals surface area (Å²) < 4.78 is 13.8. The molecule has 360 valence electrons. The lowest BCUT2D eigenvalue weighted by Crippen LogP contribution is -1.88. The van der Waals surface area contributed by atoms with Crippen molar-refractivity contribution in [2.75, 3.05) is 0 Å². The largest absolute Gasteiger partial charge is 0.455 e. The van der Waals surface area contributed by atoms with Crippen molar-refractivity contribution in [2.45, 2.75) is 0 Å². The molecule has 4 nitrogen and oxygen atoms in total. The number of H-pyrrole nitrogens is 2. The minimum Gasteiger partial charge on any atom is -0.455 e. The van der Waals surface area contributed by atoms with E-state index in [4.69, 9.17) is 8.83 Å². The minimum absolute atomic E-state index is 0.866. The predicted octanol–water partition coefficient (Wildman–Crippen LogP) is 20.2. The van der Waals surface area contributed by atoms with E-state index >= 15 is 0 Å². The van der Waals surface area contributed by atoms with E-state index < -0.39 is 0 Å². The molecule has 0 aliphatic heterocycles. The maximum Gasteiger partial charge on any atom is 0.143 e. The van der Waals surface area contributed by atoms with E-state index in [-0.39, 0.29) is 0 Å². The molecule has 4 aromatic heterocycles. The summed E-state index contributed by atoms with van der Waals surface area (Å²) >= 11 is 0. The van der Waals surface area contributed by atoms with Crippen molar-refractivity contribution >= 4 is 21.8 Å². The van der Waals surface area contributed by atoms with Crippen molar-refractivity contribution < 1.29 is 8.83 Å². The molecular formula is C72H50N2O2. The zero-order valence-electron chi connectivity index (χ0n) is 41.5. The number of nitrogens with one attached hydrogen (secondary N) is 2. The van der Waals surface area contributed by atoms with E-state index in [2.05, 4.69) is 277 Å². The molecule has 0 amide bonds. The second-order valence-electron chi connectivity index (χ2n) is 18.8. The zero-order valence-corrected chi connectivity index (χ0v) is 41.5. The Labute approximate surface area is 441 Å². The number of aromatic amines is 2. The van der Waals surface area contributed by atoms with Gasteiger partial charge in [-0.2, -0.15) is 0 Å². The van der Waals surface area contributed by atoms with Gasteiger partial charge in [0.25, 0.3) is 0 Å². The molecule has 0 atom stereocenters. The fraction of sp³-hybridized carbons (Fsp3) is 0. The Balaban J connectivity index is 0.000000146. The van der Waals surface area contributed by atoms with Gasteiger partial charge in [0.05, 0.1) is 11.4 Å². The Kier molecular flexibility index (Phi) is 12.3. The van der Waals surface area contributed by atoms with Crippen LogP contribution in [-0.4, -0.2) is 9.97 Å². The summed E-state index contributed by atoms with van der Waals surface area (Å²) in [5.41, 5.74) is 19.8. The van der Waals surface area contributed by atoms with Gasteiger partial charge < -0.3 is 18.8 Å². The molecule has 0 saturated heterocycles. The summed E-state index contributed by atoms with van der Waals surface area (Å²) in [7, 11) is 0. The summed E-state index contributed by atoms with van der Waals surface area (Å²) in [5.74, 6) is 3.47. The molecule has 4 heteroatoms.